The standard InChI is InChI=1S/C21H23N5O3/c1-13(14-6-7-14)26-17(9-11-22-26)23-18(27)12-25-19(28)21(24-20(25)29)10-8-15-4-2-3-5-16(15)21/h2-5,9,11,13-14H,6-8,10,12H2,1H3,(H,23,27)(H,24,29). The molecule has 1 aliphatic heterocycles. The number of nitrogens with one attached hydrogen (secondary N) is 2. The largest absolute Gasteiger partial charge is 0.325 e. The summed E-state index contributed by atoms with van der Waals surface area (Å²) in [5.41, 5.74) is 0.846. The smallest absolute Gasteiger partial charge is 0.319 e. The first-order valence-corrected chi connectivity index (χ1v) is 10.1. The molecule has 5 rings (SSSR count). The highest BCUT2D eigenvalue weighted by molar-refractivity contribution is 6.10. The van der Waals surface area contributed by atoms with E-state index in [4.69, 9.17) is 0 Å². The summed E-state index contributed by atoms with van der Waals surface area (Å²) in [6, 6.07) is 9.05. The van der Waals surface area contributed by atoms with Crippen LogP contribution in [-0.2, 0) is 21.5 Å². The van der Waals surface area contributed by atoms with E-state index in [9.17, 15) is 14.4 Å². The molecule has 2 fully saturated rings. The Morgan fingerprint density at radius 2 is 2.10 bits per heavy atom. The van der Waals surface area contributed by atoms with Gasteiger partial charge in [0.25, 0.3) is 5.91 Å². The molecule has 3 aliphatic rings. The van der Waals surface area contributed by atoms with Gasteiger partial charge in [-0.05, 0) is 49.7 Å². The summed E-state index contributed by atoms with van der Waals surface area (Å²) in [5.74, 6) is 0.394. The predicted octanol–water partition coefficient (Wildman–Crippen LogP) is 2.19. The molecule has 29 heavy (non-hydrogen) atoms. The molecule has 4 amide bonds. The van der Waals surface area contributed by atoms with Crippen LogP contribution in [0.4, 0.5) is 10.6 Å². The summed E-state index contributed by atoms with van der Waals surface area (Å²) in [4.78, 5) is 39.4. The normalized spacial score (nSPS) is 24.0. The van der Waals surface area contributed by atoms with Crippen molar-refractivity contribution in [2.24, 2.45) is 5.92 Å². The number of fused-ring (bicyclic) bond motifs is 2. The maximum atomic E-state index is 13.2. The Bertz CT molecular complexity index is 1010. The Kier molecular flexibility index (Phi) is 3.97. The fraction of sp³-hybridized carbons (Fsp3) is 0.429. The Morgan fingerprint density at radius 1 is 1.31 bits per heavy atom. The van der Waals surface area contributed by atoms with E-state index in [1.165, 1.54) is 12.8 Å². The predicted molar refractivity (Wildman–Crippen MR) is 105 cm³/mol. The van der Waals surface area contributed by atoms with Crippen molar-refractivity contribution in [3.63, 3.8) is 0 Å². The number of rotatable bonds is 5. The lowest BCUT2D eigenvalue weighted by molar-refractivity contribution is -0.134. The number of aryl methyl sites for hydroxylation is 1. The van der Waals surface area contributed by atoms with Crippen LogP contribution in [0.3, 0.4) is 0 Å². The number of carbonyl (C=O) groups is 3. The van der Waals surface area contributed by atoms with Crippen LogP contribution >= 0.6 is 0 Å². The number of anilines is 1. The van der Waals surface area contributed by atoms with Gasteiger partial charge in [0.15, 0.2) is 0 Å². The number of nitrogens with zero attached hydrogens (tertiary/aromatic N) is 3. The highest BCUT2D eigenvalue weighted by Crippen LogP contribution is 2.41. The van der Waals surface area contributed by atoms with Crippen molar-refractivity contribution < 1.29 is 14.4 Å². The van der Waals surface area contributed by atoms with Gasteiger partial charge in [0.2, 0.25) is 5.91 Å². The molecule has 0 radical (unpaired) electrons. The molecule has 2 heterocycles. The second kappa shape index (κ2) is 6.43. The summed E-state index contributed by atoms with van der Waals surface area (Å²) < 4.78 is 1.80. The van der Waals surface area contributed by atoms with Crippen molar-refractivity contribution in [3.05, 3.63) is 47.7 Å². The van der Waals surface area contributed by atoms with Gasteiger partial charge in [0.05, 0.1) is 12.2 Å². The number of aromatic nitrogens is 2. The van der Waals surface area contributed by atoms with Gasteiger partial charge in [0, 0.05) is 6.07 Å². The molecule has 2 atom stereocenters. The summed E-state index contributed by atoms with van der Waals surface area (Å²) >= 11 is 0. The van der Waals surface area contributed by atoms with Gasteiger partial charge in [-0.25, -0.2) is 9.48 Å². The number of carbonyl (C=O) groups excluding carboxylic acids is 3. The average molecular weight is 393 g/mol. The molecule has 1 saturated carbocycles. The Morgan fingerprint density at radius 3 is 2.90 bits per heavy atom. The molecular weight excluding hydrogens is 370 g/mol. The van der Waals surface area contributed by atoms with Gasteiger partial charge < -0.3 is 10.6 Å². The Labute approximate surface area is 168 Å². The van der Waals surface area contributed by atoms with Gasteiger partial charge in [-0.3, -0.25) is 14.5 Å². The van der Waals surface area contributed by atoms with Crippen molar-refractivity contribution in [1.82, 2.24) is 20.0 Å². The van der Waals surface area contributed by atoms with Crippen molar-refractivity contribution >= 4 is 23.7 Å². The third-order valence-corrected chi connectivity index (χ3v) is 6.35. The second-order valence-electron chi connectivity index (χ2n) is 8.17. The van der Waals surface area contributed by atoms with Crippen LogP contribution in [0, 0.1) is 5.92 Å². The highest BCUT2D eigenvalue weighted by Gasteiger charge is 2.55. The number of benzene rings is 1. The molecule has 2 aliphatic carbocycles. The maximum Gasteiger partial charge on any atom is 0.325 e. The minimum Gasteiger partial charge on any atom is -0.319 e. The zero-order valence-electron chi connectivity index (χ0n) is 16.2. The molecule has 1 saturated heterocycles. The van der Waals surface area contributed by atoms with Crippen molar-refractivity contribution in [2.75, 3.05) is 11.9 Å². The van der Waals surface area contributed by atoms with Gasteiger partial charge in [0.1, 0.15) is 17.9 Å². The molecule has 2 unspecified atom stereocenters. The van der Waals surface area contributed by atoms with E-state index < -0.39 is 17.5 Å². The SMILES string of the molecule is CC(C1CC1)n1nccc1NC(=O)CN1C(=O)NC2(CCc3ccccc32)C1=O. The van der Waals surface area contributed by atoms with E-state index in [1.54, 1.807) is 16.9 Å². The third kappa shape index (κ3) is 2.82. The van der Waals surface area contributed by atoms with Crippen LogP contribution in [-0.4, -0.2) is 39.1 Å². The zero-order valence-corrected chi connectivity index (χ0v) is 16.2. The lowest BCUT2D eigenvalue weighted by Crippen LogP contribution is -2.43. The first kappa shape index (κ1) is 17.9. The van der Waals surface area contributed by atoms with E-state index >= 15 is 0 Å². The number of urea groups is 1. The van der Waals surface area contributed by atoms with E-state index in [1.807, 2.05) is 24.3 Å². The first-order valence-electron chi connectivity index (χ1n) is 10.1. The molecule has 8 heteroatoms. The molecule has 1 aromatic heterocycles. The third-order valence-electron chi connectivity index (χ3n) is 6.35. The fourth-order valence-electron chi connectivity index (χ4n) is 4.58. The van der Waals surface area contributed by atoms with Crippen LogP contribution in [0.15, 0.2) is 36.5 Å². The average Bonchev–Trinajstić information content (AvgIpc) is 3.30. The van der Waals surface area contributed by atoms with E-state index in [0.717, 1.165) is 22.4 Å². The minimum atomic E-state index is -1.05. The summed E-state index contributed by atoms with van der Waals surface area (Å²) in [6.45, 7) is 1.76. The molecule has 2 aromatic rings. The quantitative estimate of drug-likeness (QED) is 0.761. The van der Waals surface area contributed by atoms with Crippen molar-refractivity contribution in [1.29, 1.82) is 0 Å². The van der Waals surface area contributed by atoms with Crippen molar-refractivity contribution in [3.8, 4) is 0 Å². The second-order valence-corrected chi connectivity index (χ2v) is 8.17. The van der Waals surface area contributed by atoms with Crippen LogP contribution in [0.2, 0.25) is 0 Å². The van der Waals surface area contributed by atoms with Crippen LogP contribution in [0.1, 0.15) is 43.4 Å². The minimum absolute atomic E-state index is 0.204. The lowest BCUT2D eigenvalue weighted by Gasteiger charge is -2.22. The topological polar surface area (TPSA) is 96.3 Å². The lowest BCUT2D eigenvalue weighted by atomic mass is 9.92. The zero-order chi connectivity index (χ0) is 20.2. The fourth-order valence-corrected chi connectivity index (χ4v) is 4.58. The van der Waals surface area contributed by atoms with E-state index in [0.29, 0.717) is 18.2 Å². The molecule has 0 bridgehead atoms. The van der Waals surface area contributed by atoms with Gasteiger partial charge in [-0.2, -0.15) is 5.10 Å². The Balaban J connectivity index is 1.32. The first-order chi connectivity index (χ1) is 14.0. The number of hydrogen-bond acceptors (Lipinski definition) is 4. The summed E-state index contributed by atoms with van der Waals surface area (Å²) in [5, 5.41) is 9.97. The van der Waals surface area contributed by atoms with Gasteiger partial charge >= 0.3 is 6.03 Å². The summed E-state index contributed by atoms with van der Waals surface area (Å²) in [7, 11) is 0. The molecule has 1 aromatic carbocycles. The number of imide groups is 1. The summed E-state index contributed by atoms with van der Waals surface area (Å²) in [6.07, 6.45) is 5.22. The molecule has 8 nitrogen and oxygen atoms in total. The number of amides is 4. The van der Waals surface area contributed by atoms with E-state index in [-0.39, 0.29) is 18.5 Å². The Hall–Kier alpha value is -3.16. The van der Waals surface area contributed by atoms with Gasteiger partial charge in [-0.1, -0.05) is 24.3 Å². The molecule has 2 N–H and O–H groups in total. The highest BCUT2D eigenvalue weighted by atomic mass is 16.2. The molecule has 1 spiro atoms. The van der Waals surface area contributed by atoms with Crippen LogP contribution < -0.4 is 10.6 Å². The monoisotopic (exact) mass is 393 g/mol. The molecule has 150 valence electrons. The molecular formula is C21H23N5O3. The van der Waals surface area contributed by atoms with Crippen LogP contribution in [0.5, 0.6) is 0 Å². The van der Waals surface area contributed by atoms with E-state index in [2.05, 4.69) is 22.7 Å². The van der Waals surface area contributed by atoms with Crippen LogP contribution in [0.25, 0.3) is 0 Å². The van der Waals surface area contributed by atoms with Crippen molar-refractivity contribution in [2.45, 2.75) is 44.2 Å². The maximum absolute atomic E-state index is 13.2. The number of hydrogen-bond donors (Lipinski definition) is 2. The van der Waals surface area contributed by atoms with Gasteiger partial charge in [-0.15, -0.1) is 0 Å².